The van der Waals surface area contributed by atoms with Gasteiger partial charge in [-0.2, -0.15) is 0 Å². The van der Waals surface area contributed by atoms with Gasteiger partial charge < -0.3 is 41.1 Å². The van der Waals surface area contributed by atoms with Gasteiger partial charge in [-0.05, 0) is 209 Å². The van der Waals surface area contributed by atoms with E-state index in [1.54, 1.807) is 0 Å². The van der Waals surface area contributed by atoms with Crippen molar-refractivity contribution in [3.8, 4) is 0 Å². The molecule has 65 heavy (non-hydrogen) atoms. The topological polar surface area (TPSA) is 166 Å². The molecule has 7 N–H and O–H groups in total. The number of carbonyl (C=O) groups is 2. The standard InChI is InChI=1S/C55H91N3O7/c1-7-33-28-42-50(44(61)29-34-26-36(59)18-20-52(34,42)3)40-13-11-38(54(33,40)5)32(2)10-17-49(64)58(24-8-22-56)25-9-23-57-48(63)16-15-46-39-12-14-41-51-43(31-47(65-46)55(39,41)6)53(4)21-19-37(60)27-35(53)30-45(51)62/h7,32-47,50-51,59-62H,1,8-31,56H2,2-6H3,(H,57,63)/t32?,33-,34?,35?,36+,37+,38?,39?,40?,41?,42?,43?,44+,45+,46?,47-,50?,51?,52+,53+,54-,55-/m1/s1. The Balaban J connectivity index is 0.747. The predicted molar refractivity (Wildman–Crippen MR) is 254 cm³/mol. The quantitative estimate of drug-likeness (QED) is 0.0722. The number of fused-ring (bicyclic) bond motifs is 9. The van der Waals surface area contributed by atoms with Crippen LogP contribution in [0.1, 0.15) is 163 Å². The largest absolute Gasteiger partial charge is 0.393 e. The average Bonchev–Trinajstić information content (AvgIpc) is 3.91. The maximum absolute atomic E-state index is 13.9. The molecule has 0 aromatic carbocycles. The fourth-order valence-corrected chi connectivity index (χ4v) is 19.4. The van der Waals surface area contributed by atoms with Gasteiger partial charge in [0.1, 0.15) is 0 Å². The highest BCUT2D eigenvalue weighted by Crippen LogP contribution is 2.72. The first-order chi connectivity index (χ1) is 31.0. The molecule has 0 aromatic heterocycles. The summed E-state index contributed by atoms with van der Waals surface area (Å²) in [5.41, 5.74) is 6.35. The van der Waals surface area contributed by atoms with Crippen molar-refractivity contribution < 1.29 is 34.8 Å². The molecular formula is C55H91N3O7. The minimum absolute atomic E-state index is 0.0472. The smallest absolute Gasteiger partial charge is 0.222 e. The van der Waals surface area contributed by atoms with Gasteiger partial charge in [0.25, 0.3) is 0 Å². The molecule has 9 fully saturated rings. The summed E-state index contributed by atoms with van der Waals surface area (Å²) < 4.78 is 6.98. The van der Waals surface area contributed by atoms with E-state index < -0.39 is 0 Å². The van der Waals surface area contributed by atoms with E-state index >= 15 is 0 Å². The van der Waals surface area contributed by atoms with Crippen LogP contribution in [0.25, 0.3) is 0 Å². The molecule has 9 aliphatic rings. The zero-order valence-corrected chi connectivity index (χ0v) is 41.2. The van der Waals surface area contributed by atoms with Gasteiger partial charge in [-0.3, -0.25) is 9.59 Å². The number of carbonyl (C=O) groups excluding carboxylic acids is 2. The van der Waals surface area contributed by atoms with E-state index in [0.29, 0.717) is 116 Å². The van der Waals surface area contributed by atoms with Crippen LogP contribution in [-0.2, 0) is 14.3 Å². The van der Waals surface area contributed by atoms with Gasteiger partial charge in [0.15, 0.2) is 0 Å². The van der Waals surface area contributed by atoms with E-state index in [4.69, 9.17) is 10.5 Å². The number of amides is 2. The summed E-state index contributed by atoms with van der Waals surface area (Å²) in [4.78, 5) is 29.3. The highest BCUT2D eigenvalue weighted by Gasteiger charge is 2.70. The zero-order chi connectivity index (χ0) is 46.2. The molecule has 2 amide bonds. The van der Waals surface area contributed by atoms with E-state index in [9.17, 15) is 30.0 Å². The second-order valence-corrected chi connectivity index (χ2v) is 25.3. The third kappa shape index (κ3) is 8.14. The fourth-order valence-electron chi connectivity index (χ4n) is 19.4. The molecule has 0 aromatic rings. The molecule has 8 aliphatic carbocycles. The monoisotopic (exact) mass is 906 g/mol. The van der Waals surface area contributed by atoms with Crippen LogP contribution in [0, 0.1) is 92.7 Å². The van der Waals surface area contributed by atoms with Crippen LogP contribution in [0.15, 0.2) is 12.7 Å². The van der Waals surface area contributed by atoms with Crippen molar-refractivity contribution in [3.63, 3.8) is 0 Å². The lowest BCUT2D eigenvalue weighted by Crippen LogP contribution is -2.61. The number of hydrogen-bond donors (Lipinski definition) is 6. The Hall–Kier alpha value is -1.56. The number of aliphatic hydroxyl groups is 4. The Labute approximate surface area is 392 Å². The lowest BCUT2D eigenvalue weighted by atomic mass is 9.41. The minimum Gasteiger partial charge on any atom is -0.393 e. The summed E-state index contributed by atoms with van der Waals surface area (Å²) in [6.45, 7) is 18.9. The first-order valence-corrected chi connectivity index (χ1v) is 27.2. The van der Waals surface area contributed by atoms with Crippen LogP contribution in [0.2, 0.25) is 0 Å². The van der Waals surface area contributed by atoms with Gasteiger partial charge >= 0.3 is 0 Å². The van der Waals surface area contributed by atoms with Gasteiger partial charge in [0, 0.05) is 37.9 Å². The van der Waals surface area contributed by atoms with E-state index in [-0.39, 0.29) is 70.1 Å². The fraction of sp³-hybridized carbons (Fsp3) is 0.927. The van der Waals surface area contributed by atoms with Crippen molar-refractivity contribution >= 4 is 11.8 Å². The third-order valence-corrected chi connectivity index (χ3v) is 22.9. The Morgan fingerprint density at radius 3 is 1.97 bits per heavy atom. The molecule has 9 rings (SSSR count). The number of aliphatic hydroxyl groups excluding tert-OH is 4. The summed E-state index contributed by atoms with van der Waals surface area (Å²) in [6, 6.07) is 0. The zero-order valence-electron chi connectivity index (χ0n) is 41.2. The summed E-state index contributed by atoms with van der Waals surface area (Å²) in [5, 5.41) is 47.8. The molecule has 0 spiro atoms. The predicted octanol–water partition coefficient (Wildman–Crippen LogP) is 7.64. The lowest BCUT2D eigenvalue weighted by molar-refractivity contribution is -0.192. The molecule has 1 heterocycles. The van der Waals surface area contributed by atoms with Crippen LogP contribution < -0.4 is 11.1 Å². The second kappa shape index (κ2) is 18.6. The van der Waals surface area contributed by atoms with Crippen LogP contribution in [-0.4, -0.2) is 99.9 Å². The molecule has 368 valence electrons. The van der Waals surface area contributed by atoms with E-state index in [0.717, 1.165) is 109 Å². The molecule has 22 atom stereocenters. The third-order valence-electron chi connectivity index (χ3n) is 22.9. The summed E-state index contributed by atoms with van der Waals surface area (Å²) in [6.07, 6.45) is 19.0. The van der Waals surface area contributed by atoms with Gasteiger partial charge in [-0.25, -0.2) is 0 Å². The SMILES string of the molecule is C=C[C@@H]1CC2C(C3CCC(C(C)CCC(=O)N(CCCN)CCCNC(=O)CCC4O[C@@H]5CC6C(C7CCC4[C@]75C)[C@@H](O)CC4C[C@@H](O)CC[C@@]46C)[C@]31C)[C@@H](O)CC1C[C@@H](O)CC[C@@]12C. The first kappa shape index (κ1) is 48.5. The first-order valence-electron chi connectivity index (χ1n) is 27.2. The lowest BCUT2D eigenvalue weighted by Gasteiger charge is -2.64. The van der Waals surface area contributed by atoms with Crippen molar-refractivity contribution in [2.45, 2.75) is 200 Å². The van der Waals surface area contributed by atoms with Crippen molar-refractivity contribution in [2.75, 3.05) is 26.2 Å². The highest BCUT2D eigenvalue weighted by molar-refractivity contribution is 5.76. The summed E-state index contributed by atoms with van der Waals surface area (Å²) in [7, 11) is 0. The molecule has 12 unspecified atom stereocenters. The van der Waals surface area contributed by atoms with Crippen LogP contribution >= 0.6 is 0 Å². The normalized spacial score (nSPS) is 49.9. The van der Waals surface area contributed by atoms with E-state index in [2.05, 4.69) is 52.6 Å². The number of nitrogens with one attached hydrogen (secondary N) is 1. The average molecular weight is 906 g/mol. The number of nitrogens with two attached hydrogens (primary N) is 1. The van der Waals surface area contributed by atoms with Crippen LogP contribution in [0.3, 0.4) is 0 Å². The Bertz CT molecular complexity index is 1730. The van der Waals surface area contributed by atoms with Crippen LogP contribution in [0.5, 0.6) is 0 Å². The number of hydrogen-bond acceptors (Lipinski definition) is 8. The van der Waals surface area contributed by atoms with E-state index in [1.165, 1.54) is 0 Å². The molecule has 0 radical (unpaired) electrons. The van der Waals surface area contributed by atoms with E-state index in [1.807, 2.05) is 4.90 Å². The van der Waals surface area contributed by atoms with Gasteiger partial charge in [0.05, 0.1) is 36.6 Å². The minimum atomic E-state index is -0.313. The molecule has 0 bridgehead atoms. The maximum atomic E-state index is 13.9. The van der Waals surface area contributed by atoms with Gasteiger partial charge in [0.2, 0.25) is 11.8 Å². The molecule has 10 heteroatoms. The summed E-state index contributed by atoms with van der Waals surface area (Å²) in [5.74, 6) is 5.02. The van der Waals surface area contributed by atoms with Crippen LogP contribution in [0.4, 0.5) is 0 Å². The van der Waals surface area contributed by atoms with Crippen molar-refractivity contribution in [3.05, 3.63) is 12.7 Å². The molecule has 10 nitrogen and oxygen atoms in total. The maximum Gasteiger partial charge on any atom is 0.222 e. The molecule has 1 aliphatic heterocycles. The number of allylic oxidation sites excluding steroid dienone is 1. The molecule has 1 saturated heterocycles. The highest BCUT2D eigenvalue weighted by atomic mass is 16.5. The molecule has 8 saturated carbocycles. The number of ether oxygens (including phenoxy) is 1. The van der Waals surface area contributed by atoms with Crippen molar-refractivity contribution in [1.82, 2.24) is 10.2 Å². The van der Waals surface area contributed by atoms with Crippen molar-refractivity contribution in [2.24, 2.45) is 98.4 Å². The summed E-state index contributed by atoms with van der Waals surface area (Å²) >= 11 is 0. The Morgan fingerprint density at radius 1 is 0.754 bits per heavy atom. The molecular weight excluding hydrogens is 815 g/mol. The van der Waals surface area contributed by atoms with Gasteiger partial charge in [-0.15, -0.1) is 6.58 Å². The van der Waals surface area contributed by atoms with Gasteiger partial charge in [-0.1, -0.05) is 40.7 Å². The Morgan fingerprint density at radius 2 is 1.34 bits per heavy atom. The second-order valence-electron chi connectivity index (χ2n) is 25.3. The Kier molecular flexibility index (Phi) is 13.9. The number of rotatable bonds is 15. The number of nitrogens with zero attached hydrogens (tertiary/aromatic N) is 1. The van der Waals surface area contributed by atoms with Crippen molar-refractivity contribution in [1.29, 1.82) is 0 Å².